The molecule has 33 heavy (non-hydrogen) atoms. The first-order chi connectivity index (χ1) is 15.6. The van der Waals surface area contributed by atoms with E-state index in [1.807, 2.05) is 16.8 Å². The second-order valence-electron chi connectivity index (χ2n) is 7.87. The van der Waals surface area contributed by atoms with Crippen LogP contribution in [0.2, 0.25) is 0 Å². The maximum atomic E-state index is 12.5. The topological polar surface area (TPSA) is 69.6 Å². The van der Waals surface area contributed by atoms with E-state index >= 15 is 0 Å². The number of hydrogen-bond donors (Lipinski definition) is 1. The first kappa shape index (κ1) is 24.2. The molecule has 1 aromatic heterocycles. The fraction of sp³-hybridized carbons (Fsp3) is 0.333. The van der Waals surface area contributed by atoms with Crippen molar-refractivity contribution in [1.82, 2.24) is 9.88 Å². The Morgan fingerprint density at radius 2 is 1.79 bits per heavy atom. The van der Waals surface area contributed by atoms with Crippen LogP contribution in [-0.2, 0) is 11.3 Å². The monoisotopic (exact) mass is 462 g/mol. The number of fused-ring (bicyclic) bond motifs is 1. The molecule has 1 atom stereocenters. The Balaban J connectivity index is 1.79. The molecule has 0 fully saturated rings. The molecule has 6 nitrogen and oxygen atoms in total. The number of esters is 1. The van der Waals surface area contributed by atoms with Crippen molar-refractivity contribution in [2.24, 2.45) is 5.92 Å². The van der Waals surface area contributed by atoms with Crippen molar-refractivity contribution < 1.29 is 32.2 Å². The van der Waals surface area contributed by atoms with Gasteiger partial charge in [0.1, 0.15) is 5.75 Å². The number of methoxy groups -OCH3 is 2. The van der Waals surface area contributed by atoms with Crippen LogP contribution in [0, 0.1) is 5.92 Å². The molecule has 1 unspecified atom stereocenters. The summed E-state index contributed by atoms with van der Waals surface area (Å²) < 4.78 is 49.6. The number of alkyl halides is 3. The summed E-state index contributed by atoms with van der Waals surface area (Å²) in [6.45, 7) is 1.80. The third kappa shape index (κ3) is 6.06. The first-order valence-corrected chi connectivity index (χ1v) is 10.3. The number of carbonyl (C=O) groups excluding carboxylic acids is 2. The van der Waals surface area contributed by atoms with Crippen LogP contribution in [0.5, 0.6) is 5.75 Å². The highest BCUT2D eigenvalue weighted by atomic mass is 19.4. The molecule has 0 aliphatic heterocycles. The zero-order valence-electron chi connectivity index (χ0n) is 18.5. The molecule has 0 radical (unpaired) electrons. The lowest BCUT2D eigenvalue weighted by molar-refractivity contribution is -0.142. The van der Waals surface area contributed by atoms with E-state index in [0.717, 1.165) is 16.5 Å². The highest BCUT2D eigenvalue weighted by Crippen LogP contribution is 2.26. The van der Waals surface area contributed by atoms with Crippen molar-refractivity contribution in [3.05, 3.63) is 65.4 Å². The van der Waals surface area contributed by atoms with E-state index < -0.39 is 30.4 Å². The first-order valence-electron chi connectivity index (χ1n) is 10.3. The summed E-state index contributed by atoms with van der Waals surface area (Å²) in [5.41, 5.74) is 2.33. The zero-order valence-corrected chi connectivity index (χ0v) is 18.5. The van der Waals surface area contributed by atoms with Gasteiger partial charge in [-0.05, 0) is 41.6 Å². The van der Waals surface area contributed by atoms with Crippen molar-refractivity contribution in [2.75, 3.05) is 20.8 Å². The average Bonchev–Trinajstić information content (AvgIpc) is 3.18. The summed E-state index contributed by atoms with van der Waals surface area (Å²) in [6.07, 6.45) is -3.35. The van der Waals surface area contributed by atoms with Gasteiger partial charge in [-0.25, -0.2) is 4.79 Å². The Kier molecular flexibility index (Phi) is 7.30. The molecule has 2 aromatic carbocycles. The van der Waals surface area contributed by atoms with E-state index in [0.29, 0.717) is 23.4 Å². The van der Waals surface area contributed by atoms with Crippen LogP contribution in [0.15, 0.2) is 48.7 Å². The maximum absolute atomic E-state index is 12.5. The fourth-order valence-electron chi connectivity index (χ4n) is 3.60. The van der Waals surface area contributed by atoms with Gasteiger partial charge in [0.25, 0.3) is 5.91 Å². The van der Waals surface area contributed by atoms with Gasteiger partial charge in [0.15, 0.2) is 0 Å². The molecule has 3 rings (SSSR count). The van der Waals surface area contributed by atoms with Crippen LogP contribution in [0.1, 0.15) is 39.6 Å². The number of nitrogens with zero attached hydrogens (tertiary/aromatic N) is 1. The van der Waals surface area contributed by atoms with Crippen molar-refractivity contribution in [3.63, 3.8) is 0 Å². The minimum absolute atomic E-state index is 0.0683. The number of ether oxygens (including phenoxy) is 2. The second-order valence-corrected chi connectivity index (χ2v) is 7.87. The third-order valence-corrected chi connectivity index (χ3v) is 5.28. The van der Waals surface area contributed by atoms with Crippen LogP contribution in [0.3, 0.4) is 0 Å². The lowest BCUT2D eigenvalue weighted by Gasteiger charge is -2.15. The third-order valence-electron chi connectivity index (χ3n) is 5.28. The van der Waals surface area contributed by atoms with Gasteiger partial charge in [-0.3, -0.25) is 4.79 Å². The highest BCUT2D eigenvalue weighted by Gasteiger charge is 2.30. The van der Waals surface area contributed by atoms with Crippen molar-refractivity contribution in [1.29, 1.82) is 0 Å². The zero-order chi connectivity index (χ0) is 24.2. The smallest absolute Gasteiger partial charge is 0.389 e. The summed E-state index contributed by atoms with van der Waals surface area (Å²) >= 11 is 0. The normalized spacial score (nSPS) is 12.4. The van der Waals surface area contributed by atoms with E-state index in [1.165, 1.54) is 21.1 Å². The quantitative estimate of drug-likeness (QED) is 0.488. The molecular weight excluding hydrogens is 437 g/mol. The molecule has 0 spiro atoms. The van der Waals surface area contributed by atoms with Crippen molar-refractivity contribution >= 4 is 22.8 Å². The van der Waals surface area contributed by atoms with Crippen LogP contribution < -0.4 is 10.1 Å². The van der Waals surface area contributed by atoms with Gasteiger partial charge in [-0.2, -0.15) is 13.2 Å². The standard InChI is InChI=1S/C24H25F3N2O4/c1-15(12-24(25,26)27)13-28-22(30)17-5-4-16-8-9-29(20(16)10-17)14-19-7-6-18(23(31)33-3)11-21(19)32-2/h4-11,15H,12-14H2,1-3H3,(H,28,30). The molecule has 3 aromatic rings. The molecule has 0 aliphatic rings. The summed E-state index contributed by atoms with van der Waals surface area (Å²) in [5.74, 6) is -1.10. The van der Waals surface area contributed by atoms with E-state index in [9.17, 15) is 22.8 Å². The van der Waals surface area contributed by atoms with Gasteiger partial charge in [-0.15, -0.1) is 0 Å². The number of halogens is 3. The lowest BCUT2D eigenvalue weighted by atomic mass is 10.1. The summed E-state index contributed by atoms with van der Waals surface area (Å²) in [7, 11) is 2.81. The molecule has 176 valence electrons. The molecular formula is C24H25F3N2O4. The Bertz CT molecular complexity index is 1150. The molecule has 0 saturated heterocycles. The minimum Gasteiger partial charge on any atom is -0.496 e. The largest absolute Gasteiger partial charge is 0.496 e. The molecule has 1 heterocycles. The van der Waals surface area contributed by atoms with Crippen molar-refractivity contribution in [2.45, 2.75) is 26.1 Å². The predicted molar refractivity (Wildman–Crippen MR) is 118 cm³/mol. The Morgan fingerprint density at radius 1 is 1.06 bits per heavy atom. The van der Waals surface area contributed by atoms with Gasteiger partial charge < -0.3 is 19.4 Å². The Labute approximate surface area is 189 Å². The van der Waals surface area contributed by atoms with E-state index in [2.05, 4.69) is 5.32 Å². The van der Waals surface area contributed by atoms with Crippen molar-refractivity contribution in [3.8, 4) is 5.75 Å². The van der Waals surface area contributed by atoms with E-state index in [-0.39, 0.29) is 6.54 Å². The summed E-state index contributed by atoms with van der Waals surface area (Å²) in [4.78, 5) is 24.3. The number of benzene rings is 2. The molecule has 9 heteroatoms. The Hall–Kier alpha value is -3.49. The van der Waals surface area contributed by atoms with Crippen LogP contribution in [0.25, 0.3) is 10.9 Å². The van der Waals surface area contributed by atoms with Gasteiger partial charge in [-0.1, -0.05) is 19.1 Å². The molecule has 0 saturated carbocycles. The van der Waals surface area contributed by atoms with Gasteiger partial charge >= 0.3 is 12.1 Å². The van der Waals surface area contributed by atoms with Crippen LogP contribution in [-0.4, -0.2) is 43.4 Å². The number of rotatable bonds is 8. The molecule has 1 amide bonds. The number of amides is 1. The van der Waals surface area contributed by atoms with Gasteiger partial charge in [0, 0.05) is 35.8 Å². The van der Waals surface area contributed by atoms with Gasteiger partial charge in [0.05, 0.1) is 26.3 Å². The second kappa shape index (κ2) is 9.97. The minimum atomic E-state index is -4.26. The molecule has 0 aliphatic carbocycles. The summed E-state index contributed by atoms with van der Waals surface area (Å²) in [5, 5.41) is 3.48. The number of nitrogens with one attached hydrogen (secondary N) is 1. The average molecular weight is 462 g/mol. The number of hydrogen-bond acceptors (Lipinski definition) is 4. The predicted octanol–water partition coefficient (Wildman–Crippen LogP) is 4.80. The molecule has 0 bridgehead atoms. The Morgan fingerprint density at radius 3 is 2.45 bits per heavy atom. The van der Waals surface area contributed by atoms with Crippen LogP contribution in [0.4, 0.5) is 13.2 Å². The number of aromatic nitrogens is 1. The van der Waals surface area contributed by atoms with E-state index in [4.69, 9.17) is 9.47 Å². The fourth-order valence-corrected chi connectivity index (χ4v) is 3.60. The maximum Gasteiger partial charge on any atom is 0.389 e. The highest BCUT2D eigenvalue weighted by molar-refractivity contribution is 5.98. The van der Waals surface area contributed by atoms with Gasteiger partial charge in [0.2, 0.25) is 0 Å². The van der Waals surface area contributed by atoms with Crippen LogP contribution >= 0.6 is 0 Å². The summed E-state index contributed by atoms with van der Waals surface area (Å²) in [6, 6.07) is 12.1. The molecule has 1 N–H and O–H groups in total. The lowest BCUT2D eigenvalue weighted by Crippen LogP contribution is -2.30. The SMILES string of the molecule is COC(=O)c1ccc(Cn2ccc3ccc(C(=O)NCC(C)CC(F)(F)F)cc32)c(OC)c1. The number of carbonyl (C=O) groups is 2. The van der Waals surface area contributed by atoms with E-state index in [1.54, 1.807) is 36.4 Å².